The summed E-state index contributed by atoms with van der Waals surface area (Å²) in [5, 5.41) is 9.17. The SMILES string of the molecule is CC/C(C)=C(\C(=O)Nc1ccc(C(/C=C(\C(C)CC)C2CCNCC2)=C(/C)C(N)=NC=NC)cc1)C(=O)N(C(=O)NC(C)C)c1ccccc1. The highest BCUT2D eigenvalue weighted by molar-refractivity contribution is 6.32. The lowest BCUT2D eigenvalue weighted by Crippen LogP contribution is -2.48. The van der Waals surface area contributed by atoms with Crippen LogP contribution < -0.4 is 26.6 Å². The molecule has 0 aliphatic carbocycles. The Morgan fingerprint density at radius 1 is 1.00 bits per heavy atom. The number of aliphatic imine (C=N–C) groups is 2. The molecule has 3 rings (SSSR count). The summed E-state index contributed by atoms with van der Waals surface area (Å²) in [6.45, 7) is 15.7. The first-order valence-electron chi connectivity index (χ1n) is 17.6. The minimum absolute atomic E-state index is 0.0829. The third kappa shape index (κ3) is 10.6. The van der Waals surface area contributed by atoms with Crippen LogP contribution in [0.25, 0.3) is 5.57 Å². The van der Waals surface area contributed by atoms with E-state index >= 15 is 0 Å². The number of carbonyl (C=O) groups is 3. The first kappa shape index (κ1) is 39.6. The number of imide groups is 1. The summed E-state index contributed by atoms with van der Waals surface area (Å²) in [6.07, 6.45) is 7.34. The van der Waals surface area contributed by atoms with Crippen LogP contribution in [-0.2, 0) is 9.59 Å². The maximum Gasteiger partial charge on any atom is 0.329 e. The number of carbonyl (C=O) groups excluding carboxylic acids is 3. The molecule has 50 heavy (non-hydrogen) atoms. The topological polar surface area (TPSA) is 141 Å². The van der Waals surface area contributed by atoms with Crippen LogP contribution in [0.15, 0.2) is 93.0 Å². The number of para-hydroxylation sites is 1. The molecule has 1 saturated heterocycles. The fourth-order valence-corrected chi connectivity index (χ4v) is 5.89. The van der Waals surface area contributed by atoms with Crippen molar-refractivity contribution in [3.8, 4) is 0 Å². The molecule has 1 atom stereocenters. The number of anilines is 2. The van der Waals surface area contributed by atoms with Crippen molar-refractivity contribution >= 4 is 47.0 Å². The van der Waals surface area contributed by atoms with Gasteiger partial charge in [0.2, 0.25) is 0 Å². The van der Waals surface area contributed by atoms with Gasteiger partial charge in [-0.1, -0.05) is 68.3 Å². The molecule has 1 unspecified atom stereocenters. The van der Waals surface area contributed by atoms with E-state index < -0.39 is 17.8 Å². The van der Waals surface area contributed by atoms with Gasteiger partial charge in [0.1, 0.15) is 17.7 Å². The molecular formula is C40H55N7O3. The van der Waals surface area contributed by atoms with Gasteiger partial charge < -0.3 is 21.7 Å². The van der Waals surface area contributed by atoms with Crippen molar-refractivity contribution in [3.63, 3.8) is 0 Å². The minimum Gasteiger partial charge on any atom is -0.383 e. The molecule has 1 aliphatic heterocycles. The van der Waals surface area contributed by atoms with Crippen LogP contribution >= 0.6 is 0 Å². The van der Waals surface area contributed by atoms with Gasteiger partial charge in [0.25, 0.3) is 11.8 Å². The van der Waals surface area contributed by atoms with E-state index in [0.29, 0.717) is 41.0 Å². The standard InChI is InChI=1S/C40H55N7O3/c1-9-27(5)34(31-20-22-43-23-21-31)24-35(29(7)37(41)44-25-42-8)30-16-18-32(19-17-30)46-38(48)36(28(6)10-2)39(49)47(40(50)45-26(3)4)33-14-12-11-13-15-33/h11-19,24-27,31,43H,9-10,20-23H2,1-8H3,(H,45,50)(H,46,48)(H2,41,42,44)/b34-24+,35-29-,36-28+. The third-order valence-corrected chi connectivity index (χ3v) is 9.09. The van der Waals surface area contributed by atoms with Crippen LogP contribution in [0.5, 0.6) is 0 Å². The largest absolute Gasteiger partial charge is 0.383 e. The molecule has 1 fully saturated rings. The number of allylic oxidation sites excluding steroid dienone is 4. The monoisotopic (exact) mass is 681 g/mol. The first-order valence-corrected chi connectivity index (χ1v) is 17.6. The molecule has 0 spiro atoms. The lowest BCUT2D eigenvalue weighted by Gasteiger charge is -2.29. The van der Waals surface area contributed by atoms with Gasteiger partial charge >= 0.3 is 6.03 Å². The summed E-state index contributed by atoms with van der Waals surface area (Å²) >= 11 is 0. The van der Waals surface area contributed by atoms with Crippen LogP contribution in [0, 0.1) is 11.8 Å². The number of amides is 4. The van der Waals surface area contributed by atoms with Crippen molar-refractivity contribution in [2.75, 3.05) is 30.4 Å². The van der Waals surface area contributed by atoms with Gasteiger partial charge in [-0.15, -0.1) is 0 Å². The Morgan fingerprint density at radius 3 is 2.20 bits per heavy atom. The van der Waals surface area contributed by atoms with Gasteiger partial charge in [0.05, 0.1) is 5.69 Å². The Bertz CT molecular complexity index is 1630. The van der Waals surface area contributed by atoms with Crippen LogP contribution in [0.1, 0.15) is 79.7 Å². The Labute approximate surface area is 298 Å². The maximum atomic E-state index is 14.1. The average Bonchev–Trinajstić information content (AvgIpc) is 3.11. The maximum absolute atomic E-state index is 14.1. The lowest BCUT2D eigenvalue weighted by molar-refractivity contribution is -0.119. The zero-order valence-corrected chi connectivity index (χ0v) is 31.0. The summed E-state index contributed by atoms with van der Waals surface area (Å²) in [4.78, 5) is 50.6. The Balaban J connectivity index is 2.03. The molecule has 2 aromatic carbocycles. The molecule has 1 heterocycles. The second-order valence-electron chi connectivity index (χ2n) is 13.0. The Morgan fingerprint density at radius 2 is 1.64 bits per heavy atom. The molecule has 1 aliphatic rings. The zero-order chi connectivity index (χ0) is 36.8. The summed E-state index contributed by atoms with van der Waals surface area (Å²) in [5.74, 6) is -0.0640. The molecule has 4 amide bonds. The van der Waals surface area contributed by atoms with E-state index in [9.17, 15) is 14.4 Å². The quantitative estimate of drug-likeness (QED) is 0.0440. The van der Waals surface area contributed by atoms with Crippen LogP contribution in [0.4, 0.5) is 16.2 Å². The van der Waals surface area contributed by atoms with Crippen LogP contribution in [0.2, 0.25) is 0 Å². The summed E-state index contributed by atoms with van der Waals surface area (Å²) in [6, 6.07) is 15.3. The predicted octanol–water partition coefficient (Wildman–Crippen LogP) is 7.26. The number of hydrogen-bond acceptors (Lipinski definition) is 5. The summed E-state index contributed by atoms with van der Waals surface area (Å²) in [5.41, 5.74) is 11.9. The summed E-state index contributed by atoms with van der Waals surface area (Å²) in [7, 11) is 1.65. The number of amidine groups is 1. The number of nitrogens with zero attached hydrogens (tertiary/aromatic N) is 3. The number of urea groups is 1. The van der Waals surface area contributed by atoms with E-state index in [1.54, 1.807) is 44.3 Å². The lowest BCUT2D eigenvalue weighted by atomic mass is 9.80. The molecule has 0 bridgehead atoms. The van der Waals surface area contributed by atoms with Gasteiger partial charge in [0.15, 0.2) is 0 Å². The first-order chi connectivity index (χ1) is 23.9. The predicted molar refractivity (Wildman–Crippen MR) is 207 cm³/mol. The van der Waals surface area contributed by atoms with Gasteiger partial charge in [-0.25, -0.2) is 14.7 Å². The van der Waals surface area contributed by atoms with Gasteiger partial charge in [-0.2, -0.15) is 0 Å². The number of hydrogen-bond donors (Lipinski definition) is 4. The second kappa shape index (κ2) is 19.4. The number of nitrogens with two attached hydrogens (primary N) is 1. The normalized spacial score (nSPS) is 16.1. The second-order valence-corrected chi connectivity index (χ2v) is 13.0. The van der Waals surface area contributed by atoms with E-state index in [1.807, 2.05) is 52.0 Å². The molecule has 0 aromatic heterocycles. The number of piperidine rings is 1. The Hall–Kier alpha value is -4.83. The molecule has 2 aromatic rings. The fraction of sp³-hybridized carbons (Fsp3) is 0.425. The van der Waals surface area contributed by atoms with E-state index in [0.717, 1.165) is 54.0 Å². The molecule has 0 radical (unpaired) electrons. The van der Waals surface area contributed by atoms with E-state index in [1.165, 1.54) is 11.9 Å². The highest BCUT2D eigenvalue weighted by Crippen LogP contribution is 2.34. The molecule has 5 N–H and O–H groups in total. The van der Waals surface area contributed by atoms with Crippen molar-refractivity contribution in [3.05, 3.63) is 88.5 Å². The smallest absolute Gasteiger partial charge is 0.329 e. The number of benzene rings is 2. The Kier molecular flexibility index (Phi) is 15.4. The van der Waals surface area contributed by atoms with Crippen LogP contribution in [-0.4, -0.2) is 56.2 Å². The van der Waals surface area contributed by atoms with Gasteiger partial charge in [-0.05, 0) is 119 Å². The van der Waals surface area contributed by atoms with Crippen molar-refractivity contribution in [1.29, 1.82) is 0 Å². The van der Waals surface area contributed by atoms with Crippen LogP contribution in [0.3, 0.4) is 0 Å². The van der Waals surface area contributed by atoms with E-state index in [2.05, 4.69) is 45.9 Å². The highest BCUT2D eigenvalue weighted by atomic mass is 16.2. The van der Waals surface area contributed by atoms with Crippen molar-refractivity contribution < 1.29 is 14.4 Å². The van der Waals surface area contributed by atoms with Gasteiger partial charge in [0, 0.05) is 18.8 Å². The molecule has 0 saturated carbocycles. The van der Waals surface area contributed by atoms with Crippen molar-refractivity contribution in [1.82, 2.24) is 10.6 Å². The number of rotatable bonds is 13. The van der Waals surface area contributed by atoms with Crippen molar-refractivity contribution in [2.24, 2.45) is 27.6 Å². The fourth-order valence-electron chi connectivity index (χ4n) is 5.89. The van der Waals surface area contributed by atoms with E-state index in [-0.39, 0.29) is 11.6 Å². The number of nitrogens with one attached hydrogen (secondary N) is 3. The highest BCUT2D eigenvalue weighted by Gasteiger charge is 2.32. The third-order valence-electron chi connectivity index (χ3n) is 9.09. The molecule has 268 valence electrons. The molecule has 10 heteroatoms. The zero-order valence-electron chi connectivity index (χ0n) is 31.0. The van der Waals surface area contributed by atoms with Gasteiger partial charge in [-0.3, -0.25) is 14.6 Å². The molecular weight excluding hydrogens is 626 g/mol. The summed E-state index contributed by atoms with van der Waals surface area (Å²) < 4.78 is 0. The van der Waals surface area contributed by atoms with Crippen molar-refractivity contribution in [2.45, 2.75) is 80.2 Å². The molecule has 10 nitrogen and oxygen atoms in total. The minimum atomic E-state index is -0.699. The van der Waals surface area contributed by atoms with E-state index in [4.69, 9.17) is 5.73 Å². The average molecular weight is 682 g/mol.